The Bertz CT molecular complexity index is 970. The number of imidazole rings is 1. The first-order valence-corrected chi connectivity index (χ1v) is 8.33. The summed E-state index contributed by atoms with van der Waals surface area (Å²) in [5, 5.41) is 14.5. The Labute approximate surface area is 148 Å². The average molecular weight is 354 g/mol. The molecule has 1 aliphatic heterocycles. The summed E-state index contributed by atoms with van der Waals surface area (Å²) in [4.78, 5) is 28.4. The zero-order chi connectivity index (χ0) is 18.1. The lowest BCUT2D eigenvalue weighted by Crippen LogP contribution is -2.29. The van der Waals surface area contributed by atoms with Gasteiger partial charge in [0.15, 0.2) is 11.5 Å². The maximum absolute atomic E-state index is 12.5. The largest absolute Gasteiger partial charge is 0.365 e. The maximum atomic E-state index is 12.5. The highest BCUT2D eigenvalue weighted by Gasteiger charge is 2.22. The number of fused-ring (bicyclic) bond motifs is 1. The first-order valence-electron chi connectivity index (χ1n) is 8.33. The fourth-order valence-corrected chi connectivity index (χ4v) is 3.03. The summed E-state index contributed by atoms with van der Waals surface area (Å²) in [5.41, 5.74) is 6.45. The standard InChI is InChI=1S/C16H18N8O2/c17-14(25)11-9-24(10-3-5-18-6-4-10)22-15(11)20-16(26)12-1-2-13-19-7-8-23(13)21-12/h1-2,7-10,18H,3-6H2,(H2,17,25)(H,20,22,26). The molecule has 1 saturated heterocycles. The van der Waals surface area contributed by atoms with Crippen LogP contribution < -0.4 is 16.4 Å². The van der Waals surface area contributed by atoms with Gasteiger partial charge in [-0.05, 0) is 38.1 Å². The lowest BCUT2D eigenvalue weighted by molar-refractivity contribution is 0.100. The van der Waals surface area contributed by atoms with Gasteiger partial charge in [0, 0.05) is 18.6 Å². The lowest BCUT2D eigenvalue weighted by atomic mass is 10.1. The lowest BCUT2D eigenvalue weighted by Gasteiger charge is -2.22. The topological polar surface area (TPSA) is 132 Å². The number of rotatable bonds is 4. The van der Waals surface area contributed by atoms with Gasteiger partial charge in [-0.25, -0.2) is 9.50 Å². The molecule has 1 aliphatic rings. The number of aromatic nitrogens is 5. The molecule has 0 aromatic carbocycles. The minimum absolute atomic E-state index is 0.147. The third-order valence-corrected chi connectivity index (χ3v) is 4.40. The highest BCUT2D eigenvalue weighted by atomic mass is 16.2. The van der Waals surface area contributed by atoms with E-state index in [1.54, 1.807) is 35.4 Å². The summed E-state index contributed by atoms with van der Waals surface area (Å²) in [6, 6.07) is 3.41. The fourth-order valence-electron chi connectivity index (χ4n) is 3.03. The van der Waals surface area contributed by atoms with Crippen molar-refractivity contribution >= 4 is 23.3 Å². The van der Waals surface area contributed by atoms with Crippen LogP contribution in [0.5, 0.6) is 0 Å². The van der Waals surface area contributed by atoms with Crippen LogP contribution >= 0.6 is 0 Å². The van der Waals surface area contributed by atoms with Crippen molar-refractivity contribution in [2.24, 2.45) is 5.73 Å². The number of primary amides is 1. The van der Waals surface area contributed by atoms with Crippen molar-refractivity contribution < 1.29 is 9.59 Å². The second-order valence-electron chi connectivity index (χ2n) is 6.12. The molecule has 0 aliphatic carbocycles. The summed E-state index contributed by atoms with van der Waals surface area (Å²) in [6.45, 7) is 1.76. The van der Waals surface area contributed by atoms with Gasteiger partial charge in [-0.2, -0.15) is 10.2 Å². The van der Waals surface area contributed by atoms with E-state index >= 15 is 0 Å². The molecule has 4 rings (SSSR count). The van der Waals surface area contributed by atoms with Crippen LogP contribution in [0.1, 0.15) is 39.7 Å². The van der Waals surface area contributed by atoms with Crippen molar-refractivity contribution in [3.05, 3.63) is 42.0 Å². The van der Waals surface area contributed by atoms with Gasteiger partial charge in [0.25, 0.3) is 11.8 Å². The average Bonchev–Trinajstić information content (AvgIpc) is 3.28. The van der Waals surface area contributed by atoms with Crippen LogP contribution in [0.15, 0.2) is 30.7 Å². The minimum Gasteiger partial charge on any atom is -0.365 e. The summed E-state index contributed by atoms with van der Waals surface area (Å²) in [7, 11) is 0. The van der Waals surface area contributed by atoms with Crippen LogP contribution in [0.3, 0.4) is 0 Å². The summed E-state index contributed by atoms with van der Waals surface area (Å²) in [5.74, 6) is -0.967. The van der Waals surface area contributed by atoms with Gasteiger partial charge >= 0.3 is 0 Å². The van der Waals surface area contributed by atoms with E-state index in [1.807, 2.05) is 0 Å². The van der Waals surface area contributed by atoms with Crippen molar-refractivity contribution in [1.82, 2.24) is 29.7 Å². The normalized spacial score (nSPS) is 15.2. The molecule has 0 atom stereocenters. The number of piperidine rings is 1. The van der Waals surface area contributed by atoms with Crippen molar-refractivity contribution in [2.45, 2.75) is 18.9 Å². The van der Waals surface area contributed by atoms with Crippen LogP contribution in [-0.2, 0) is 0 Å². The summed E-state index contributed by atoms with van der Waals surface area (Å²) < 4.78 is 3.21. The Hall–Kier alpha value is -3.27. The van der Waals surface area contributed by atoms with Gasteiger partial charge in [-0.3, -0.25) is 14.3 Å². The predicted molar refractivity (Wildman–Crippen MR) is 92.8 cm³/mol. The molecule has 10 heteroatoms. The van der Waals surface area contributed by atoms with Crippen LogP contribution in [0.2, 0.25) is 0 Å². The van der Waals surface area contributed by atoms with E-state index < -0.39 is 11.8 Å². The van der Waals surface area contributed by atoms with E-state index in [0.717, 1.165) is 25.9 Å². The van der Waals surface area contributed by atoms with Crippen LogP contribution in [0, 0.1) is 0 Å². The monoisotopic (exact) mass is 354 g/mol. The van der Waals surface area contributed by atoms with Gasteiger partial charge in [0.1, 0.15) is 11.3 Å². The third kappa shape index (κ3) is 3.02. The molecule has 0 unspecified atom stereocenters. The first-order chi connectivity index (χ1) is 12.6. The molecule has 0 saturated carbocycles. The minimum atomic E-state index is -0.640. The van der Waals surface area contributed by atoms with Gasteiger partial charge in [0.2, 0.25) is 0 Å². The molecule has 3 aromatic heterocycles. The number of nitrogens with two attached hydrogens (primary N) is 1. The van der Waals surface area contributed by atoms with E-state index in [4.69, 9.17) is 5.73 Å². The number of amides is 2. The number of carbonyl (C=O) groups excluding carboxylic acids is 2. The van der Waals surface area contributed by atoms with E-state index in [-0.39, 0.29) is 23.1 Å². The van der Waals surface area contributed by atoms with Gasteiger partial charge in [-0.15, -0.1) is 0 Å². The first kappa shape index (κ1) is 16.2. The number of anilines is 1. The molecule has 4 N–H and O–H groups in total. The molecule has 10 nitrogen and oxygen atoms in total. The summed E-state index contributed by atoms with van der Waals surface area (Å²) in [6.07, 6.45) is 6.63. The molecular formula is C16H18N8O2. The smallest absolute Gasteiger partial charge is 0.277 e. The molecule has 134 valence electrons. The van der Waals surface area contributed by atoms with Crippen molar-refractivity contribution in [2.75, 3.05) is 18.4 Å². The number of nitrogens with one attached hydrogen (secondary N) is 2. The van der Waals surface area contributed by atoms with Crippen LogP contribution in [0.25, 0.3) is 5.65 Å². The second-order valence-corrected chi connectivity index (χ2v) is 6.12. The molecule has 0 spiro atoms. The van der Waals surface area contributed by atoms with Crippen LogP contribution in [0.4, 0.5) is 5.82 Å². The molecule has 26 heavy (non-hydrogen) atoms. The van der Waals surface area contributed by atoms with Crippen LogP contribution in [-0.4, -0.2) is 49.3 Å². The zero-order valence-electron chi connectivity index (χ0n) is 13.9. The Morgan fingerprint density at radius 3 is 2.81 bits per heavy atom. The second kappa shape index (κ2) is 6.56. The molecule has 0 bridgehead atoms. The molecule has 1 fully saturated rings. The Morgan fingerprint density at radius 2 is 2.04 bits per heavy atom. The molecular weight excluding hydrogens is 336 g/mol. The van der Waals surface area contributed by atoms with E-state index in [2.05, 4.69) is 25.8 Å². The fraction of sp³-hybridized carbons (Fsp3) is 0.312. The maximum Gasteiger partial charge on any atom is 0.277 e. The molecule has 3 aromatic rings. The number of hydrogen-bond donors (Lipinski definition) is 3. The number of carbonyl (C=O) groups is 2. The van der Waals surface area contributed by atoms with E-state index in [9.17, 15) is 9.59 Å². The van der Waals surface area contributed by atoms with Crippen molar-refractivity contribution in [3.63, 3.8) is 0 Å². The number of hydrogen-bond acceptors (Lipinski definition) is 6. The molecule has 4 heterocycles. The molecule has 2 amide bonds. The molecule has 0 radical (unpaired) electrons. The highest BCUT2D eigenvalue weighted by Crippen LogP contribution is 2.22. The summed E-state index contributed by atoms with van der Waals surface area (Å²) >= 11 is 0. The zero-order valence-corrected chi connectivity index (χ0v) is 13.9. The Balaban J connectivity index is 1.60. The van der Waals surface area contributed by atoms with E-state index in [0.29, 0.717) is 5.65 Å². The van der Waals surface area contributed by atoms with Gasteiger partial charge in [0.05, 0.1) is 6.04 Å². The third-order valence-electron chi connectivity index (χ3n) is 4.40. The predicted octanol–water partition coefficient (Wildman–Crippen LogP) is 0.201. The van der Waals surface area contributed by atoms with E-state index in [1.165, 1.54) is 4.52 Å². The highest BCUT2D eigenvalue weighted by molar-refractivity contribution is 6.06. The van der Waals surface area contributed by atoms with Crippen molar-refractivity contribution in [3.8, 4) is 0 Å². The van der Waals surface area contributed by atoms with Crippen molar-refractivity contribution in [1.29, 1.82) is 0 Å². The SMILES string of the molecule is NC(=O)c1cn(C2CCNCC2)nc1NC(=O)c1ccc2nccn2n1. The van der Waals surface area contributed by atoms with Gasteiger partial charge < -0.3 is 16.4 Å². The quantitative estimate of drug-likeness (QED) is 0.613. The Kier molecular flexibility index (Phi) is 4.09. The number of nitrogens with zero attached hydrogens (tertiary/aromatic N) is 5. The Morgan fingerprint density at radius 1 is 1.23 bits per heavy atom. The van der Waals surface area contributed by atoms with Gasteiger partial charge in [-0.1, -0.05) is 0 Å².